The first-order valence-electron chi connectivity index (χ1n) is 6.97. The first kappa shape index (κ1) is 49.6. The van der Waals surface area contributed by atoms with E-state index in [2.05, 4.69) is 6.92 Å². The standard InChI is InChI=1S/C14H28O2.2Al.2ClH.3H2O/c1-2-3-4-5-6-7-8-9-10-11-12-13-14(15)16;;;;;;;/h2-13H2,1H3,(H,15,16);;;2*1H;3*1H2/q;2*+3;;;;;/p-6. The van der Waals surface area contributed by atoms with Crippen molar-refractivity contribution in [2.75, 3.05) is 0 Å². The number of hydrogen-bond donors (Lipinski definition) is 0. The molecule has 0 aliphatic carbocycles. The smallest absolute Gasteiger partial charge is 1.00 e. The van der Waals surface area contributed by atoms with E-state index in [0.717, 1.165) is 12.8 Å². The van der Waals surface area contributed by atoms with Gasteiger partial charge in [0, 0.05) is 5.97 Å². The molecule has 0 radical (unpaired) electrons. The molecule has 0 spiro atoms. The molecular formula is C14H30Al2Cl2O5. The van der Waals surface area contributed by atoms with E-state index in [4.69, 9.17) is 0 Å². The van der Waals surface area contributed by atoms with E-state index in [9.17, 15) is 9.90 Å². The molecule has 5 nitrogen and oxygen atoms in total. The molecule has 136 valence electrons. The summed E-state index contributed by atoms with van der Waals surface area (Å²) in [6.45, 7) is 2.24. The molecule has 0 aliphatic rings. The molecule has 0 aromatic carbocycles. The van der Waals surface area contributed by atoms with Crippen LogP contribution in [0, 0.1) is 0 Å². The fraction of sp³-hybridized carbons (Fsp3) is 0.929. The molecule has 0 fully saturated rings. The summed E-state index contributed by atoms with van der Waals surface area (Å²) in [5.74, 6) is -0.907. The molecule has 0 amide bonds. The summed E-state index contributed by atoms with van der Waals surface area (Å²) >= 11 is 0. The molecule has 0 aromatic heterocycles. The van der Waals surface area contributed by atoms with Gasteiger partial charge >= 0.3 is 34.7 Å². The van der Waals surface area contributed by atoms with Crippen LogP contribution < -0.4 is 29.9 Å². The van der Waals surface area contributed by atoms with Crippen LogP contribution in [0.5, 0.6) is 0 Å². The van der Waals surface area contributed by atoms with Gasteiger partial charge in [-0.05, 0) is 12.8 Å². The normalized spacial score (nSPS) is 7.35. The number of aliphatic carboxylic acids is 1. The minimum Gasteiger partial charge on any atom is -1.00 e. The fourth-order valence-corrected chi connectivity index (χ4v) is 1.93. The fourth-order valence-electron chi connectivity index (χ4n) is 1.93. The summed E-state index contributed by atoms with van der Waals surface area (Å²) in [5.41, 5.74) is 0. The molecule has 9 heteroatoms. The van der Waals surface area contributed by atoms with E-state index in [1.165, 1.54) is 57.8 Å². The van der Waals surface area contributed by atoms with Crippen molar-refractivity contribution in [2.24, 2.45) is 0 Å². The van der Waals surface area contributed by atoms with E-state index in [1.54, 1.807) is 0 Å². The summed E-state index contributed by atoms with van der Waals surface area (Å²) in [5, 5.41) is 10.1. The minimum atomic E-state index is -0.907. The van der Waals surface area contributed by atoms with Crippen molar-refractivity contribution in [3.05, 3.63) is 0 Å². The van der Waals surface area contributed by atoms with E-state index in [1.807, 2.05) is 0 Å². The number of carbonyl (C=O) groups is 1. The number of halogens is 2. The van der Waals surface area contributed by atoms with Crippen molar-refractivity contribution in [3.8, 4) is 0 Å². The van der Waals surface area contributed by atoms with Crippen molar-refractivity contribution in [2.45, 2.75) is 84.0 Å². The summed E-state index contributed by atoms with van der Waals surface area (Å²) < 4.78 is 0. The predicted octanol–water partition coefficient (Wildman–Crippen LogP) is -3.85. The Kier molecular flexibility index (Phi) is 93.8. The number of hydrogen-bond acceptors (Lipinski definition) is 5. The van der Waals surface area contributed by atoms with Crippen LogP contribution in [-0.4, -0.2) is 57.1 Å². The summed E-state index contributed by atoms with van der Waals surface area (Å²) in [4.78, 5) is 10.1. The molecule has 3 N–H and O–H groups in total. The SMILES string of the molecule is CCCCCCCCCCCCCC(=O)[O-].[Al+3].[Al+3].[Cl-].[Cl-].[OH-].[OH-].[OH-]. The molecule has 0 aliphatic heterocycles. The Hall–Kier alpha value is 0.995. The number of rotatable bonds is 12. The van der Waals surface area contributed by atoms with Gasteiger partial charge in [-0.25, -0.2) is 0 Å². The van der Waals surface area contributed by atoms with Crippen LogP contribution in [-0.2, 0) is 4.79 Å². The molecule has 0 heterocycles. The molecule has 0 aromatic rings. The monoisotopic (exact) mass is 402 g/mol. The summed E-state index contributed by atoms with van der Waals surface area (Å²) in [7, 11) is 0. The Labute approximate surface area is 175 Å². The third kappa shape index (κ3) is 51.8. The first-order valence-corrected chi connectivity index (χ1v) is 6.97. The van der Waals surface area contributed by atoms with Gasteiger partial charge < -0.3 is 51.1 Å². The van der Waals surface area contributed by atoms with Crippen molar-refractivity contribution < 1.29 is 51.1 Å². The maximum atomic E-state index is 10.1. The van der Waals surface area contributed by atoms with Crippen LogP contribution in [0.2, 0.25) is 0 Å². The van der Waals surface area contributed by atoms with Gasteiger partial charge in [-0.2, -0.15) is 0 Å². The molecule has 0 unspecified atom stereocenters. The molecule has 0 rings (SSSR count). The van der Waals surface area contributed by atoms with Crippen LogP contribution in [0.3, 0.4) is 0 Å². The Bertz CT molecular complexity index is 181. The van der Waals surface area contributed by atoms with Gasteiger partial charge in [-0.1, -0.05) is 71.1 Å². The zero-order valence-electron chi connectivity index (χ0n) is 14.1. The van der Waals surface area contributed by atoms with E-state index >= 15 is 0 Å². The molecule has 0 saturated heterocycles. The van der Waals surface area contributed by atoms with Crippen molar-refractivity contribution in [1.82, 2.24) is 0 Å². The Morgan fingerprint density at radius 3 is 1.17 bits per heavy atom. The zero-order valence-corrected chi connectivity index (χ0v) is 17.9. The molecule has 0 saturated carbocycles. The minimum absolute atomic E-state index is 0. The van der Waals surface area contributed by atoms with E-state index in [0.29, 0.717) is 0 Å². The third-order valence-corrected chi connectivity index (χ3v) is 2.98. The summed E-state index contributed by atoms with van der Waals surface area (Å²) in [6.07, 6.45) is 14.0. The number of carbonyl (C=O) groups excluding carboxylic acids is 1. The van der Waals surface area contributed by atoms with Crippen molar-refractivity contribution in [1.29, 1.82) is 0 Å². The number of carboxylic acids is 1. The molecule has 0 atom stereocenters. The maximum absolute atomic E-state index is 10.1. The van der Waals surface area contributed by atoms with Gasteiger partial charge in [0.15, 0.2) is 0 Å². The predicted molar refractivity (Wildman–Crippen MR) is 83.4 cm³/mol. The van der Waals surface area contributed by atoms with Crippen LogP contribution in [0.15, 0.2) is 0 Å². The van der Waals surface area contributed by atoms with Gasteiger partial charge in [0.05, 0.1) is 0 Å². The van der Waals surface area contributed by atoms with Crippen LogP contribution in [0.1, 0.15) is 84.0 Å². The molecule has 0 bridgehead atoms. The largest absolute Gasteiger partial charge is 3.00 e. The van der Waals surface area contributed by atoms with Gasteiger partial charge in [-0.3, -0.25) is 0 Å². The van der Waals surface area contributed by atoms with Crippen molar-refractivity contribution >= 4 is 40.7 Å². The Balaban J connectivity index is -0.0000000536. The quantitative estimate of drug-likeness (QED) is 0.243. The van der Waals surface area contributed by atoms with Crippen LogP contribution in [0.25, 0.3) is 0 Å². The Morgan fingerprint density at radius 1 is 0.652 bits per heavy atom. The molecular weight excluding hydrogens is 373 g/mol. The van der Waals surface area contributed by atoms with E-state index < -0.39 is 5.97 Å². The average molecular weight is 403 g/mol. The third-order valence-electron chi connectivity index (χ3n) is 2.98. The number of carboxylic acid groups (broad SMARTS) is 1. The summed E-state index contributed by atoms with van der Waals surface area (Å²) in [6, 6.07) is 0. The van der Waals surface area contributed by atoms with E-state index in [-0.39, 0.29) is 82.4 Å². The van der Waals surface area contributed by atoms with Gasteiger partial charge in [0.25, 0.3) is 0 Å². The second-order valence-corrected chi connectivity index (χ2v) is 4.66. The van der Waals surface area contributed by atoms with Crippen LogP contribution >= 0.6 is 0 Å². The zero-order chi connectivity index (χ0) is 12.1. The van der Waals surface area contributed by atoms with Gasteiger partial charge in [-0.15, -0.1) is 0 Å². The van der Waals surface area contributed by atoms with Crippen molar-refractivity contribution in [3.63, 3.8) is 0 Å². The van der Waals surface area contributed by atoms with Crippen LogP contribution in [0.4, 0.5) is 0 Å². The van der Waals surface area contributed by atoms with Gasteiger partial charge in [0.1, 0.15) is 0 Å². The topological polar surface area (TPSA) is 130 Å². The van der Waals surface area contributed by atoms with Gasteiger partial charge in [0.2, 0.25) is 0 Å². The molecule has 23 heavy (non-hydrogen) atoms. The Morgan fingerprint density at radius 2 is 0.913 bits per heavy atom. The number of unbranched alkanes of at least 4 members (excludes halogenated alkanes) is 10. The average Bonchev–Trinajstić information content (AvgIpc) is 2.25. The maximum Gasteiger partial charge on any atom is 3.00 e. The second-order valence-electron chi connectivity index (χ2n) is 4.66. The second kappa shape index (κ2) is 43.5. The first-order chi connectivity index (χ1) is 7.77.